The van der Waals surface area contributed by atoms with Crippen molar-refractivity contribution < 1.29 is 4.74 Å². The van der Waals surface area contributed by atoms with Crippen LogP contribution in [-0.4, -0.2) is 28.3 Å². The predicted octanol–water partition coefficient (Wildman–Crippen LogP) is 1.99. The Morgan fingerprint density at radius 1 is 1.41 bits per heavy atom. The van der Waals surface area contributed by atoms with E-state index in [9.17, 15) is 0 Å². The summed E-state index contributed by atoms with van der Waals surface area (Å²) < 4.78 is 7.13. The van der Waals surface area contributed by atoms with Gasteiger partial charge < -0.3 is 14.6 Å². The molecule has 0 saturated heterocycles. The summed E-state index contributed by atoms with van der Waals surface area (Å²) in [5, 5.41) is 6.32. The van der Waals surface area contributed by atoms with Gasteiger partial charge in [-0.25, -0.2) is 9.97 Å². The van der Waals surface area contributed by atoms with Gasteiger partial charge in [-0.05, 0) is 6.42 Å². The van der Waals surface area contributed by atoms with Crippen LogP contribution in [0.25, 0.3) is 0 Å². The van der Waals surface area contributed by atoms with E-state index in [1.807, 2.05) is 17.8 Å². The van der Waals surface area contributed by atoms with E-state index in [1.165, 1.54) is 0 Å². The number of anilines is 1. The molecule has 0 atom stereocenters. The highest BCUT2D eigenvalue weighted by atomic mass is 32.1. The largest absolute Gasteiger partial charge is 0.385 e. The van der Waals surface area contributed by atoms with E-state index in [0.717, 1.165) is 37.1 Å². The maximum absolute atomic E-state index is 5.04. The van der Waals surface area contributed by atoms with Crippen molar-refractivity contribution in [1.82, 2.24) is 14.5 Å². The Morgan fingerprint density at radius 2 is 2.35 bits per heavy atom. The molecule has 2 rings (SSSR count). The Balaban J connectivity index is 1.85. The third-order valence-electron chi connectivity index (χ3n) is 2.34. The van der Waals surface area contributed by atoms with Gasteiger partial charge in [0.2, 0.25) is 5.95 Å². The average Bonchev–Trinajstić information content (AvgIpc) is 2.97. The number of aromatic nitrogens is 3. The van der Waals surface area contributed by atoms with Crippen LogP contribution in [-0.2, 0) is 17.8 Å². The Hall–Kier alpha value is -1.40. The highest BCUT2D eigenvalue weighted by Crippen LogP contribution is 2.09. The van der Waals surface area contributed by atoms with Crippen LogP contribution in [0.3, 0.4) is 0 Å². The van der Waals surface area contributed by atoms with Crippen LogP contribution >= 0.6 is 11.3 Å². The van der Waals surface area contributed by atoms with Crippen LogP contribution in [0.5, 0.6) is 0 Å². The lowest BCUT2D eigenvalue weighted by Crippen LogP contribution is -2.08. The van der Waals surface area contributed by atoms with Crippen molar-refractivity contribution in [3.8, 4) is 0 Å². The van der Waals surface area contributed by atoms with Gasteiger partial charge in [-0.3, -0.25) is 0 Å². The smallest absolute Gasteiger partial charge is 0.203 e. The standard InChI is InChI=1S/C11H16N4OS/c1-16-7-2-5-15-6-3-13-11(15)14-9-10-12-4-8-17-10/h3-4,6,8H,2,5,7,9H2,1H3,(H,13,14). The highest BCUT2D eigenvalue weighted by Gasteiger charge is 2.02. The number of aryl methyl sites for hydroxylation is 1. The van der Waals surface area contributed by atoms with E-state index < -0.39 is 0 Å². The number of ether oxygens (including phenoxy) is 1. The van der Waals surface area contributed by atoms with Gasteiger partial charge in [-0.15, -0.1) is 11.3 Å². The molecule has 0 aromatic carbocycles. The van der Waals surface area contributed by atoms with Crippen molar-refractivity contribution in [2.75, 3.05) is 19.0 Å². The second kappa shape index (κ2) is 6.36. The molecule has 6 heteroatoms. The summed E-state index contributed by atoms with van der Waals surface area (Å²) in [6.45, 7) is 2.40. The summed E-state index contributed by atoms with van der Waals surface area (Å²) in [6, 6.07) is 0. The number of imidazole rings is 1. The molecule has 0 unspecified atom stereocenters. The van der Waals surface area contributed by atoms with Gasteiger partial charge >= 0.3 is 0 Å². The van der Waals surface area contributed by atoms with Crippen molar-refractivity contribution in [3.05, 3.63) is 29.0 Å². The van der Waals surface area contributed by atoms with Gasteiger partial charge in [-0.2, -0.15) is 0 Å². The number of hydrogen-bond acceptors (Lipinski definition) is 5. The first-order valence-electron chi connectivity index (χ1n) is 5.52. The molecule has 0 aliphatic heterocycles. The molecule has 0 saturated carbocycles. The Kier molecular flexibility index (Phi) is 4.52. The molecule has 5 nitrogen and oxygen atoms in total. The Morgan fingerprint density at radius 3 is 3.12 bits per heavy atom. The lowest BCUT2D eigenvalue weighted by Gasteiger charge is -2.08. The fourth-order valence-corrected chi connectivity index (χ4v) is 2.09. The zero-order chi connectivity index (χ0) is 11.9. The van der Waals surface area contributed by atoms with Crippen LogP contribution < -0.4 is 5.32 Å². The fraction of sp³-hybridized carbons (Fsp3) is 0.455. The topological polar surface area (TPSA) is 52.0 Å². The third kappa shape index (κ3) is 3.54. The van der Waals surface area contributed by atoms with Crippen LogP contribution in [0.1, 0.15) is 11.4 Å². The number of thiazole rings is 1. The van der Waals surface area contributed by atoms with Gasteiger partial charge in [0.1, 0.15) is 5.01 Å². The van der Waals surface area contributed by atoms with Gasteiger partial charge in [0, 0.05) is 44.2 Å². The van der Waals surface area contributed by atoms with Crippen molar-refractivity contribution in [3.63, 3.8) is 0 Å². The number of nitrogens with zero attached hydrogens (tertiary/aromatic N) is 3. The summed E-state index contributed by atoms with van der Waals surface area (Å²) >= 11 is 1.64. The minimum atomic E-state index is 0.721. The number of nitrogens with one attached hydrogen (secondary N) is 1. The monoisotopic (exact) mass is 252 g/mol. The zero-order valence-electron chi connectivity index (χ0n) is 9.80. The maximum atomic E-state index is 5.04. The third-order valence-corrected chi connectivity index (χ3v) is 3.12. The molecule has 0 fully saturated rings. The van der Waals surface area contributed by atoms with Crippen LogP contribution in [0.4, 0.5) is 5.95 Å². The first kappa shape index (κ1) is 12.1. The second-order valence-corrected chi connectivity index (χ2v) is 4.55. The van der Waals surface area contributed by atoms with Gasteiger partial charge in [0.15, 0.2) is 0 Å². The molecule has 0 aliphatic rings. The highest BCUT2D eigenvalue weighted by molar-refractivity contribution is 7.09. The predicted molar refractivity (Wildman–Crippen MR) is 68.2 cm³/mol. The normalized spacial score (nSPS) is 10.6. The SMILES string of the molecule is COCCCn1ccnc1NCc1nccs1. The quantitative estimate of drug-likeness (QED) is 0.766. The Labute approximate surface area is 104 Å². The van der Waals surface area contributed by atoms with Gasteiger partial charge in [0.25, 0.3) is 0 Å². The van der Waals surface area contributed by atoms with E-state index in [1.54, 1.807) is 24.6 Å². The molecule has 2 heterocycles. The van der Waals surface area contributed by atoms with Crippen molar-refractivity contribution in [2.45, 2.75) is 19.5 Å². The molecule has 0 spiro atoms. The second-order valence-electron chi connectivity index (χ2n) is 3.57. The summed E-state index contributed by atoms with van der Waals surface area (Å²) in [4.78, 5) is 8.50. The molecular formula is C11H16N4OS. The van der Waals surface area contributed by atoms with Gasteiger partial charge in [0.05, 0.1) is 6.54 Å². The minimum absolute atomic E-state index is 0.721. The van der Waals surface area contributed by atoms with E-state index in [-0.39, 0.29) is 0 Å². The lowest BCUT2D eigenvalue weighted by molar-refractivity contribution is 0.190. The van der Waals surface area contributed by atoms with Crippen molar-refractivity contribution in [2.24, 2.45) is 0 Å². The summed E-state index contributed by atoms with van der Waals surface area (Å²) in [6.07, 6.45) is 6.57. The van der Waals surface area contributed by atoms with Crippen LogP contribution in [0.15, 0.2) is 24.0 Å². The van der Waals surface area contributed by atoms with Crippen molar-refractivity contribution >= 4 is 17.3 Å². The van der Waals surface area contributed by atoms with E-state index in [4.69, 9.17) is 4.74 Å². The average molecular weight is 252 g/mol. The molecular weight excluding hydrogens is 236 g/mol. The fourth-order valence-electron chi connectivity index (χ4n) is 1.53. The van der Waals surface area contributed by atoms with Gasteiger partial charge in [-0.1, -0.05) is 0 Å². The first-order valence-corrected chi connectivity index (χ1v) is 6.40. The molecule has 1 N–H and O–H groups in total. The molecule has 2 aromatic rings. The van der Waals surface area contributed by atoms with E-state index in [0.29, 0.717) is 0 Å². The lowest BCUT2D eigenvalue weighted by atomic mass is 10.4. The minimum Gasteiger partial charge on any atom is -0.385 e. The Bertz CT molecular complexity index is 426. The summed E-state index contributed by atoms with van der Waals surface area (Å²) in [5.74, 6) is 0.885. The first-order chi connectivity index (χ1) is 8.40. The molecule has 92 valence electrons. The molecule has 0 aliphatic carbocycles. The number of hydrogen-bond donors (Lipinski definition) is 1. The molecule has 2 aromatic heterocycles. The van der Waals surface area contributed by atoms with Crippen molar-refractivity contribution in [1.29, 1.82) is 0 Å². The maximum Gasteiger partial charge on any atom is 0.203 e. The molecule has 0 bridgehead atoms. The number of rotatable bonds is 7. The zero-order valence-corrected chi connectivity index (χ0v) is 10.6. The number of methoxy groups -OCH3 is 1. The summed E-state index contributed by atoms with van der Waals surface area (Å²) in [5.41, 5.74) is 0. The molecule has 0 amide bonds. The molecule has 17 heavy (non-hydrogen) atoms. The van der Waals surface area contributed by atoms with Crippen LogP contribution in [0, 0.1) is 0 Å². The van der Waals surface area contributed by atoms with Crippen LogP contribution in [0.2, 0.25) is 0 Å². The molecule has 0 radical (unpaired) electrons. The summed E-state index contributed by atoms with van der Waals surface area (Å²) in [7, 11) is 1.72. The van der Waals surface area contributed by atoms with E-state index >= 15 is 0 Å². The van der Waals surface area contributed by atoms with E-state index in [2.05, 4.69) is 19.9 Å².